The highest BCUT2D eigenvalue weighted by atomic mass is 19.1. The zero-order valence-corrected chi connectivity index (χ0v) is 10.2. The van der Waals surface area contributed by atoms with E-state index in [2.05, 4.69) is 0 Å². The summed E-state index contributed by atoms with van der Waals surface area (Å²) >= 11 is 0. The number of halogens is 1. The molecule has 0 saturated heterocycles. The Balaban J connectivity index is 2.31. The second-order valence-corrected chi connectivity index (χ2v) is 4.18. The predicted molar refractivity (Wildman–Crippen MR) is 67.1 cm³/mol. The first-order chi connectivity index (χ1) is 8.58. The Hall–Kier alpha value is -2.34. The van der Waals surface area contributed by atoms with E-state index < -0.39 is 5.82 Å². The van der Waals surface area contributed by atoms with Gasteiger partial charge in [0, 0.05) is 0 Å². The van der Waals surface area contributed by atoms with E-state index in [1.54, 1.807) is 0 Å². The predicted octanol–water partition coefficient (Wildman–Crippen LogP) is 4.11. The number of hydrogen-bond donors (Lipinski definition) is 0. The minimum absolute atomic E-state index is 0.124. The van der Waals surface area contributed by atoms with Crippen molar-refractivity contribution in [2.45, 2.75) is 13.8 Å². The van der Waals surface area contributed by atoms with Crippen LogP contribution in [0.15, 0.2) is 36.4 Å². The van der Waals surface area contributed by atoms with Crippen LogP contribution in [0, 0.1) is 31.0 Å². The molecule has 0 amide bonds. The Labute approximate surface area is 105 Å². The van der Waals surface area contributed by atoms with Crippen LogP contribution in [0.5, 0.6) is 11.5 Å². The number of ether oxygens (including phenoxy) is 1. The normalized spacial score (nSPS) is 9.89. The Morgan fingerprint density at radius 2 is 1.72 bits per heavy atom. The van der Waals surface area contributed by atoms with E-state index in [0.717, 1.165) is 17.2 Å². The molecule has 2 nitrogen and oxygen atoms in total. The smallest absolute Gasteiger partial charge is 0.167 e. The van der Waals surface area contributed by atoms with E-state index in [1.807, 2.05) is 38.1 Å². The van der Waals surface area contributed by atoms with Crippen LogP contribution >= 0.6 is 0 Å². The minimum Gasteiger partial charge on any atom is -0.454 e. The lowest BCUT2D eigenvalue weighted by Gasteiger charge is -2.08. The van der Waals surface area contributed by atoms with Gasteiger partial charge in [0.05, 0.1) is 11.6 Å². The quantitative estimate of drug-likeness (QED) is 0.792. The van der Waals surface area contributed by atoms with E-state index >= 15 is 0 Å². The molecule has 0 spiro atoms. The molecular weight excluding hydrogens is 229 g/mol. The van der Waals surface area contributed by atoms with Crippen LogP contribution in [0.2, 0.25) is 0 Å². The lowest BCUT2D eigenvalue weighted by molar-refractivity contribution is 0.441. The SMILES string of the molecule is Cc1cc(C)cc(Oc2ccc(C#N)cc2F)c1. The van der Waals surface area contributed by atoms with Crippen LogP contribution in [0.25, 0.3) is 0 Å². The summed E-state index contributed by atoms with van der Waals surface area (Å²) in [4.78, 5) is 0. The Morgan fingerprint density at radius 3 is 2.28 bits per heavy atom. The lowest BCUT2D eigenvalue weighted by atomic mass is 10.1. The molecule has 0 bridgehead atoms. The molecule has 90 valence electrons. The molecule has 0 atom stereocenters. The van der Waals surface area contributed by atoms with Crippen molar-refractivity contribution in [3.63, 3.8) is 0 Å². The first kappa shape index (κ1) is 12.1. The average molecular weight is 241 g/mol. The Kier molecular flexibility index (Phi) is 3.29. The molecule has 2 aromatic carbocycles. The van der Waals surface area contributed by atoms with Gasteiger partial charge in [0.25, 0.3) is 0 Å². The highest BCUT2D eigenvalue weighted by Crippen LogP contribution is 2.26. The molecule has 0 aliphatic rings. The van der Waals surface area contributed by atoms with Gasteiger partial charge in [-0.2, -0.15) is 5.26 Å². The topological polar surface area (TPSA) is 33.0 Å². The molecule has 0 heterocycles. The molecule has 2 rings (SSSR count). The first-order valence-corrected chi connectivity index (χ1v) is 5.54. The summed E-state index contributed by atoms with van der Waals surface area (Å²) in [6.45, 7) is 3.91. The maximum absolute atomic E-state index is 13.6. The number of aryl methyl sites for hydroxylation is 2. The maximum atomic E-state index is 13.6. The van der Waals surface area contributed by atoms with Gasteiger partial charge in [-0.15, -0.1) is 0 Å². The van der Waals surface area contributed by atoms with Crippen LogP contribution in [-0.4, -0.2) is 0 Å². The van der Waals surface area contributed by atoms with Crippen molar-refractivity contribution in [3.05, 3.63) is 58.9 Å². The van der Waals surface area contributed by atoms with Crippen LogP contribution in [-0.2, 0) is 0 Å². The van der Waals surface area contributed by atoms with Gasteiger partial charge in [0.2, 0.25) is 0 Å². The van der Waals surface area contributed by atoms with Crippen LogP contribution in [0.4, 0.5) is 4.39 Å². The lowest BCUT2D eigenvalue weighted by Crippen LogP contribution is -1.90. The molecule has 0 unspecified atom stereocenters. The third-order valence-corrected chi connectivity index (χ3v) is 2.48. The van der Waals surface area contributed by atoms with E-state index in [1.165, 1.54) is 12.1 Å². The molecule has 18 heavy (non-hydrogen) atoms. The molecular formula is C15H12FNO. The summed E-state index contributed by atoms with van der Waals surface area (Å²) in [6.07, 6.45) is 0. The van der Waals surface area contributed by atoms with E-state index in [4.69, 9.17) is 10.00 Å². The van der Waals surface area contributed by atoms with Crippen LogP contribution in [0.1, 0.15) is 16.7 Å². The van der Waals surface area contributed by atoms with E-state index in [9.17, 15) is 4.39 Å². The van der Waals surface area contributed by atoms with Crippen LogP contribution < -0.4 is 4.74 Å². The molecule has 0 fully saturated rings. The first-order valence-electron chi connectivity index (χ1n) is 5.54. The van der Waals surface area contributed by atoms with E-state index in [-0.39, 0.29) is 11.3 Å². The van der Waals surface area contributed by atoms with Gasteiger partial charge in [-0.1, -0.05) is 6.07 Å². The summed E-state index contributed by atoms with van der Waals surface area (Å²) in [7, 11) is 0. The summed E-state index contributed by atoms with van der Waals surface area (Å²) in [5, 5.41) is 8.66. The standard InChI is InChI=1S/C15H12FNO/c1-10-5-11(2)7-13(6-10)18-15-4-3-12(9-17)8-14(15)16/h3-8H,1-2H3. The van der Waals surface area contributed by atoms with Gasteiger partial charge in [-0.05, 0) is 55.3 Å². The van der Waals surface area contributed by atoms with Gasteiger partial charge in [-0.3, -0.25) is 0 Å². The minimum atomic E-state index is -0.534. The fourth-order valence-electron chi connectivity index (χ4n) is 1.77. The summed E-state index contributed by atoms with van der Waals surface area (Å²) in [5.41, 5.74) is 2.39. The number of nitrogens with zero attached hydrogens (tertiary/aromatic N) is 1. The number of hydrogen-bond acceptors (Lipinski definition) is 2. The largest absolute Gasteiger partial charge is 0.454 e. The molecule has 2 aromatic rings. The fraction of sp³-hybridized carbons (Fsp3) is 0.133. The zero-order chi connectivity index (χ0) is 13.1. The van der Waals surface area contributed by atoms with E-state index in [0.29, 0.717) is 5.75 Å². The highest BCUT2D eigenvalue weighted by Gasteiger charge is 2.06. The highest BCUT2D eigenvalue weighted by molar-refractivity contribution is 5.40. The van der Waals surface area contributed by atoms with Gasteiger partial charge < -0.3 is 4.74 Å². The molecule has 0 aliphatic heterocycles. The average Bonchev–Trinajstić information content (AvgIpc) is 2.30. The van der Waals surface area contributed by atoms with Crippen molar-refractivity contribution in [2.24, 2.45) is 0 Å². The third-order valence-electron chi connectivity index (χ3n) is 2.48. The van der Waals surface area contributed by atoms with Crippen molar-refractivity contribution in [3.8, 4) is 17.6 Å². The zero-order valence-electron chi connectivity index (χ0n) is 10.2. The summed E-state index contributed by atoms with van der Waals surface area (Å²) in [6, 6.07) is 11.7. The van der Waals surface area contributed by atoms with Gasteiger partial charge in [-0.25, -0.2) is 4.39 Å². The number of benzene rings is 2. The molecule has 0 radical (unpaired) electrons. The van der Waals surface area contributed by atoms with Crippen molar-refractivity contribution < 1.29 is 9.13 Å². The molecule has 0 saturated carbocycles. The van der Waals surface area contributed by atoms with Crippen LogP contribution in [0.3, 0.4) is 0 Å². The molecule has 0 N–H and O–H groups in total. The van der Waals surface area contributed by atoms with Gasteiger partial charge in [0.1, 0.15) is 5.75 Å². The molecule has 0 aromatic heterocycles. The van der Waals surface area contributed by atoms with Crippen molar-refractivity contribution in [1.82, 2.24) is 0 Å². The summed E-state index contributed by atoms with van der Waals surface area (Å²) < 4.78 is 19.1. The molecule has 3 heteroatoms. The maximum Gasteiger partial charge on any atom is 0.167 e. The Morgan fingerprint density at radius 1 is 1.06 bits per heavy atom. The van der Waals surface area contributed by atoms with Gasteiger partial charge >= 0.3 is 0 Å². The third kappa shape index (κ3) is 2.67. The Bertz CT molecular complexity index is 609. The van der Waals surface area contributed by atoms with Crippen molar-refractivity contribution >= 4 is 0 Å². The summed E-state index contributed by atoms with van der Waals surface area (Å²) in [5.74, 6) is 0.184. The second kappa shape index (κ2) is 4.89. The molecule has 0 aliphatic carbocycles. The fourth-order valence-corrected chi connectivity index (χ4v) is 1.77. The number of nitriles is 1. The van der Waals surface area contributed by atoms with Crippen molar-refractivity contribution in [1.29, 1.82) is 5.26 Å². The monoisotopic (exact) mass is 241 g/mol. The second-order valence-electron chi connectivity index (χ2n) is 4.18. The van der Waals surface area contributed by atoms with Gasteiger partial charge in [0.15, 0.2) is 11.6 Å². The number of rotatable bonds is 2. The van der Waals surface area contributed by atoms with Crippen molar-refractivity contribution in [2.75, 3.05) is 0 Å².